The van der Waals surface area contributed by atoms with Gasteiger partial charge in [-0.25, -0.2) is 4.39 Å². The first-order chi connectivity index (χ1) is 15.1. The number of nitrogens with two attached hydrogens (primary N) is 1. The number of aliphatic hydroxyl groups excluding tert-OH is 1. The second-order valence-corrected chi connectivity index (χ2v) is 11.4. The summed E-state index contributed by atoms with van der Waals surface area (Å²) in [5.41, 5.74) is 9.87. The van der Waals surface area contributed by atoms with Gasteiger partial charge >= 0.3 is 0 Å². The van der Waals surface area contributed by atoms with Gasteiger partial charge in [-0.1, -0.05) is 57.2 Å². The summed E-state index contributed by atoms with van der Waals surface area (Å²) in [6, 6.07) is 11.4. The summed E-state index contributed by atoms with van der Waals surface area (Å²) in [6.45, 7) is 10.8. The Hall–Kier alpha value is -2.02. The molecule has 0 bridgehead atoms. The standard InChI is InChI=1S/C26H35FN2O2S/c1-5-7-19-10-18(13-22(27)24(19)28)11-20-15-32(31)16-23(25(20)30)29-14-17-8-6-9-21(12-17)26(2,3)4/h5-6,8-10,12-13,20,23,25,29-30H,1,7,11,14-16,28H2,2-4H3/t20-,23+,25+,32?/m1/s1. The zero-order valence-electron chi connectivity index (χ0n) is 19.2. The van der Waals surface area contributed by atoms with Crippen LogP contribution in [0.2, 0.25) is 0 Å². The molecule has 0 spiro atoms. The minimum absolute atomic E-state index is 0.0613. The largest absolute Gasteiger partial charge is 0.396 e. The van der Waals surface area contributed by atoms with Gasteiger partial charge in [-0.3, -0.25) is 4.21 Å². The van der Waals surface area contributed by atoms with Crippen LogP contribution in [-0.2, 0) is 35.6 Å². The van der Waals surface area contributed by atoms with E-state index in [2.05, 4.69) is 50.9 Å². The molecule has 2 aromatic rings. The van der Waals surface area contributed by atoms with Crippen molar-refractivity contribution in [3.63, 3.8) is 0 Å². The molecule has 3 rings (SSSR count). The second kappa shape index (κ2) is 10.3. The lowest BCUT2D eigenvalue weighted by Gasteiger charge is -2.35. The number of allylic oxidation sites excluding steroid dienone is 1. The summed E-state index contributed by atoms with van der Waals surface area (Å²) in [7, 11) is -1.05. The van der Waals surface area contributed by atoms with Gasteiger partial charge in [-0.2, -0.15) is 0 Å². The highest BCUT2D eigenvalue weighted by Crippen LogP contribution is 2.27. The molecule has 0 amide bonds. The molecule has 32 heavy (non-hydrogen) atoms. The van der Waals surface area contributed by atoms with E-state index in [4.69, 9.17) is 5.73 Å². The third-order valence-corrected chi connectivity index (χ3v) is 7.69. The Kier molecular flexibility index (Phi) is 7.91. The van der Waals surface area contributed by atoms with Crippen LogP contribution < -0.4 is 11.1 Å². The molecular formula is C26H35FN2O2S. The highest BCUT2D eigenvalue weighted by Gasteiger charge is 2.35. The topological polar surface area (TPSA) is 75.3 Å². The molecule has 1 fully saturated rings. The van der Waals surface area contributed by atoms with Gasteiger partial charge in [0.1, 0.15) is 5.82 Å². The molecule has 4 atom stereocenters. The fourth-order valence-electron chi connectivity index (χ4n) is 4.27. The first-order valence-corrected chi connectivity index (χ1v) is 12.6. The van der Waals surface area contributed by atoms with Gasteiger partial charge in [0, 0.05) is 40.8 Å². The Morgan fingerprint density at radius 1 is 1.25 bits per heavy atom. The van der Waals surface area contributed by atoms with Crippen molar-refractivity contribution in [1.82, 2.24) is 5.32 Å². The van der Waals surface area contributed by atoms with Crippen LogP contribution in [0.1, 0.15) is 43.0 Å². The van der Waals surface area contributed by atoms with Gasteiger partial charge in [-0.15, -0.1) is 6.58 Å². The molecule has 1 saturated heterocycles. The summed E-state index contributed by atoms with van der Waals surface area (Å²) < 4.78 is 26.9. The number of hydrogen-bond donors (Lipinski definition) is 3. The number of nitrogen functional groups attached to an aromatic ring is 1. The molecule has 4 nitrogen and oxygen atoms in total. The maximum Gasteiger partial charge on any atom is 0.146 e. The lowest BCUT2D eigenvalue weighted by atomic mass is 9.86. The van der Waals surface area contributed by atoms with Crippen molar-refractivity contribution in [2.45, 2.75) is 57.7 Å². The third kappa shape index (κ3) is 6.06. The van der Waals surface area contributed by atoms with E-state index in [9.17, 15) is 13.7 Å². The van der Waals surface area contributed by atoms with E-state index < -0.39 is 22.7 Å². The van der Waals surface area contributed by atoms with Crippen LogP contribution in [0.15, 0.2) is 49.1 Å². The summed E-state index contributed by atoms with van der Waals surface area (Å²) in [5.74, 6) is 0.137. The number of aliphatic hydroxyl groups is 1. The van der Waals surface area contributed by atoms with Crippen LogP contribution in [-0.4, -0.2) is 33.0 Å². The van der Waals surface area contributed by atoms with E-state index in [0.29, 0.717) is 36.5 Å². The van der Waals surface area contributed by atoms with E-state index in [1.165, 1.54) is 11.6 Å². The SMILES string of the molecule is C=CCc1cc(C[C@@H]2CS(=O)C[C@H](NCc3cccc(C(C)(C)C)c3)[C@H]2O)cc(F)c1N. The predicted octanol–water partition coefficient (Wildman–Crippen LogP) is 3.87. The molecule has 0 saturated carbocycles. The minimum Gasteiger partial charge on any atom is -0.396 e. The van der Waals surface area contributed by atoms with Gasteiger partial charge in [0.05, 0.1) is 11.8 Å². The number of nitrogens with one attached hydrogen (secondary N) is 1. The van der Waals surface area contributed by atoms with Gasteiger partial charge in [0.25, 0.3) is 0 Å². The maximum absolute atomic E-state index is 14.3. The normalized spacial score (nSPS) is 23.8. The lowest BCUT2D eigenvalue weighted by molar-refractivity contribution is 0.0795. The fourth-order valence-corrected chi connectivity index (χ4v) is 5.92. The van der Waals surface area contributed by atoms with Gasteiger partial charge < -0.3 is 16.2 Å². The lowest BCUT2D eigenvalue weighted by Crippen LogP contribution is -2.53. The van der Waals surface area contributed by atoms with Crippen molar-refractivity contribution in [3.05, 3.63) is 77.1 Å². The van der Waals surface area contributed by atoms with Crippen molar-refractivity contribution in [2.75, 3.05) is 17.2 Å². The third-order valence-electron chi connectivity index (χ3n) is 6.16. The molecule has 6 heteroatoms. The van der Waals surface area contributed by atoms with Gasteiger partial charge in [-0.05, 0) is 46.6 Å². The molecule has 1 unspecified atom stereocenters. The number of rotatable bonds is 7. The Balaban J connectivity index is 1.71. The Morgan fingerprint density at radius 3 is 2.69 bits per heavy atom. The van der Waals surface area contributed by atoms with Crippen LogP contribution >= 0.6 is 0 Å². The van der Waals surface area contributed by atoms with Crippen molar-refractivity contribution in [2.24, 2.45) is 5.92 Å². The smallest absolute Gasteiger partial charge is 0.146 e. The molecule has 1 aliphatic heterocycles. The maximum atomic E-state index is 14.3. The quantitative estimate of drug-likeness (QED) is 0.435. The number of hydrogen-bond acceptors (Lipinski definition) is 4. The van der Waals surface area contributed by atoms with Gasteiger partial charge in [0.15, 0.2) is 0 Å². The zero-order chi connectivity index (χ0) is 23.5. The fraction of sp³-hybridized carbons (Fsp3) is 0.462. The Morgan fingerprint density at radius 2 is 2.00 bits per heavy atom. The van der Waals surface area contributed by atoms with E-state index in [-0.39, 0.29) is 23.1 Å². The summed E-state index contributed by atoms with van der Waals surface area (Å²) in [4.78, 5) is 0. The average Bonchev–Trinajstić information content (AvgIpc) is 2.72. The zero-order valence-corrected chi connectivity index (χ0v) is 20.1. The number of anilines is 1. The highest BCUT2D eigenvalue weighted by molar-refractivity contribution is 7.85. The second-order valence-electron chi connectivity index (χ2n) is 9.81. The van der Waals surface area contributed by atoms with Crippen LogP contribution in [0.3, 0.4) is 0 Å². The summed E-state index contributed by atoms with van der Waals surface area (Å²) in [6.07, 6.45) is 1.95. The molecule has 0 aromatic heterocycles. The summed E-state index contributed by atoms with van der Waals surface area (Å²) in [5, 5.41) is 14.4. The monoisotopic (exact) mass is 458 g/mol. The first kappa shape index (κ1) is 24.6. The van der Waals surface area contributed by atoms with E-state index in [1.807, 2.05) is 12.1 Å². The van der Waals surface area contributed by atoms with Crippen molar-refractivity contribution in [1.29, 1.82) is 0 Å². The van der Waals surface area contributed by atoms with E-state index >= 15 is 0 Å². The van der Waals surface area contributed by atoms with Crippen LogP contribution in [0.25, 0.3) is 0 Å². The van der Waals surface area contributed by atoms with Crippen LogP contribution in [0.5, 0.6) is 0 Å². The molecule has 1 heterocycles. The molecule has 0 aliphatic carbocycles. The first-order valence-electron chi connectivity index (χ1n) is 11.1. The predicted molar refractivity (Wildman–Crippen MR) is 132 cm³/mol. The molecule has 0 radical (unpaired) electrons. The molecule has 4 N–H and O–H groups in total. The van der Waals surface area contributed by atoms with Crippen molar-refractivity contribution >= 4 is 16.5 Å². The number of halogens is 1. The van der Waals surface area contributed by atoms with Crippen molar-refractivity contribution < 1.29 is 13.7 Å². The van der Waals surface area contributed by atoms with Crippen LogP contribution in [0.4, 0.5) is 10.1 Å². The highest BCUT2D eigenvalue weighted by atomic mass is 32.2. The summed E-state index contributed by atoms with van der Waals surface area (Å²) >= 11 is 0. The molecule has 1 aliphatic rings. The number of benzene rings is 2. The molecular weight excluding hydrogens is 423 g/mol. The molecule has 2 aromatic carbocycles. The average molecular weight is 459 g/mol. The van der Waals surface area contributed by atoms with E-state index in [0.717, 1.165) is 11.1 Å². The van der Waals surface area contributed by atoms with E-state index in [1.54, 1.807) is 6.08 Å². The van der Waals surface area contributed by atoms with Crippen molar-refractivity contribution in [3.8, 4) is 0 Å². The van der Waals surface area contributed by atoms with Crippen LogP contribution in [0, 0.1) is 11.7 Å². The minimum atomic E-state index is -1.05. The van der Waals surface area contributed by atoms with Gasteiger partial charge in [0.2, 0.25) is 0 Å². The Bertz CT molecular complexity index is 986. The molecule has 174 valence electrons. The Labute approximate surface area is 193 Å².